The van der Waals surface area contributed by atoms with Gasteiger partial charge in [-0.15, -0.1) is 0 Å². The summed E-state index contributed by atoms with van der Waals surface area (Å²) in [6.45, 7) is 6.51. The molecule has 5 nitrogen and oxygen atoms in total. The quantitative estimate of drug-likeness (QED) is 0.646. The lowest BCUT2D eigenvalue weighted by Gasteiger charge is -2.18. The number of nitrogens with one attached hydrogen (secondary N) is 2. The molecule has 1 aliphatic carbocycles. The van der Waals surface area contributed by atoms with Gasteiger partial charge in [-0.3, -0.25) is 4.99 Å². The van der Waals surface area contributed by atoms with Crippen molar-refractivity contribution in [2.45, 2.75) is 45.4 Å². The van der Waals surface area contributed by atoms with Crippen molar-refractivity contribution in [2.75, 3.05) is 20.3 Å². The summed E-state index contributed by atoms with van der Waals surface area (Å²) in [5.74, 6) is 2.55. The van der Waals surface area contributed by atoms with E-state index < -0.39 is 0 Å². The summed E-state index contributed by atoms with van der Waals surface area (Å²) in [5, 5.41) is 6.83. The van der Waals surface area contributed by atoms with E-state index in [0.717, 1.165) is 36.2 Å². The van der Waals surface area contributed by atoms with Crippen molar-refractivity contribution in [2.24, 2.45) is 10.9 Å². The molecule has 0 spiro atoms. The number of rotatable bonds is 5. The van der Waals surface area contributed by atoms with Crippen molar-refractivity contribution >= 4 is 5.96 Å². The minimum Gasteiger partial charge on any atom is -0.488 e. The molecule has 126 valence electrons. The number of benzene rings is 1. The zero-order valence-corrected chi connectivity index (χ0v) is 14.3. The third kappa shape index (κ3) is 4.38. The van der Waals surface area contributed by atoms with Crippen LogP contribution < -0.4 is 15.4 Å². The van der Waals surface area contributed by atoms with Crippen LogP contribution in [0, 0.1) is 12.8 Å². The lowest BCUT2D eigenvalue weighted by Crippen LogP contribution is -2.38. The van der Waals surface area contributed by atoms with Gasteiger partial charge in [0.1, 0.15) is 11.9 Å². The standard InChI is InChI=1S/C18H27N3O2/c1-12-4-5-14(17(8-12)23-15-6-7-22-11-15)10-20-18(19-3)21-16-9-13(16)2/h4-5,8,13,15-16H,6-7,9-11H2,1-3H3,(H2,19,20,21). The highest BCUT2D eigenvalue weighted by Crippen LogP contribution is 2.29. The first-order valence-corrected chi connectivity index (χ1v) is 8.47. The third-order valence-corrected chi connectivity index (χ3v) is 4.51. The minimum absolute atomic E-state index is 0.167. The third-order valence-electron chi connectivity index (χ3n) is 4.51. The van der Waals surface area contributed by atoms with Gasteiger partial charge in [0.25, 0.3) is 0 Å². The highest BCUT2D eigenvalue weighted by atomic mass is 16.5. The molecule has 0 amide bonds. The predicted octanol–water partition coefficient (Wildman–Crippen LogP) is 2.24. The summed E-state index contributed by atoms with van der Waals surface area (Å²) in [5.41, 5.74) is 2.35. The van der Waals surface area contributed by atoms with E-state index >= 15 is 0 Å². The van der Waals surface area contributed by atoms with E-state index in [0.29, 0.717) is 19.2 Å². The predicted molar refractivity (Wildman–Crippen MR) is 91.9 cm³/mol. The van der Waals surface area contributed by atoms with Crippen molar-refractivity contribution in [1.29, 1.82) is 0 Å². The Labute approximate surface area is 138 Å². The SMILES string of the molecule is CN=C(NCc1ccc(C)cc1OC1CCOC1)NC1CC1C. The van der Waals surface area contributed by atoms with Gasteiger partial charge >= 0.3 is 0 Å². The van der Waals surface area contributed by atoms with E-state index in [1.165, 1.54) is 12.0 Å². The molecule has 1 aromatic carbocycles. The maximum absolute atomic E-state index is 6.14. The molecule has 3 atom stereocenters. The van der Waals surface area contributed by atoms with Gasteiger partial charge in [0.15, 0.2) is 5.96 Å². The molecular weight excluding hydrogens is 290 g/mol. The molecule has 1 heterocycles. The van der Waals surface area contributed by atoms with Gasteiger partial charge in [0.2, 0.25) is 0 Å². The summed E-state index contributed by atoms with van der Waals surface area (Å²) >= 11 is 0. The van der Waals surface area contributed by atoms with E-state index in [1.54, 1.807) is 0 Å². The van der Waals surface area contributed by atoms with Crippen LogP contribution in [0.2, 0.25) is 0 Å². The first-order chi connectivity index (χ1) is 11.2. The Hall–Kier alpha value is -1.75. The fourth-order valence-electron chi connectivity index (χ4n) is 2.78. The average molecular weight is 317 g/mol. The summed E-state index contributed by atoms with van der Waals surface area (Å²) in [6, 6.07) is 6.91. The van der Waals surface area contributed by atoms with E-state index in [2.05, 4.69) is 47.7 Å². The fourth-order valence-corrected chi connectivity index (χ4v) is 2.78. The Balaban J connectivity index is 1.61. The second-order valence-corrected chi connectivity index (χ2v) is 6.60. The van der Waals surface area contributed by atoms with Crippen molar-refractivity contribution in [3.05, 3.63) is 29.3 Å². The highest BCUT2D eigenvalue weighted by molar-refractivity contribution is 5.80. The first-order valence-electron chi connectivity index (χ1n) is 8.47. The van der Waals surface area contributed by atoms with Crippen LogP contribution in [0.3, 0.4) is 0 Å². The number of guanidine groups is 1. The van der Waals surface area contributed by atoms with E-state index in [-0.39, 0.29) is 6.10 Å². The van der Waals surface area contributed by atoms with E-state index in [9.17, 15) is 0 Å². The van der Waals surface area contributed by atoms with Crippen molar-refractivity contribution in [3.63, 3.8) is 0 Å². The molecule has 2 N–H and O–H groups in total. The molecule has 1 saturated carbocycles. The Morgan fingerprint density at radius 2 is 2.26 bits per heavy atom. The molecule has 2 aliphatic rings. The average Bonchev–Trinajstić information content (AvgIpc) is 2.99. The lowest BCUT2D eigenvalue weighted by molar-refractivity contribution is 0.140. The van der Waals surface area contributed by atoms with Crippen LogP contribution in [0.5, 0.6) is 5.75 Å². The van der Waals surface area contributed by atoms with Crippen LogP contribution in [0.15, 0.2) is 23.2 Å². The summed E-state index contributed by atoms with van der Waals surface area (Å²) in [4.78, 5) is 4.30. The molecule has 0 bridgehead atoms. The number of ether oxygens (including phenoxy) is 2. The zero-order chi connectivity index (χ0) is 16.2. The molecule has 3 rings (SSSR count). The second-order valence-electron chi connectivity index (χ2n) is 6.60. The summed E-state index contributed by atoms with van der Waals surface area (Å²) in [6.07, 6.45) is 2.35. The maximum atomic E-state index is 6.14. The topological polar surface area (TPSA) is 54.9 Å². The number of nitrogens with zero attached hydrogens (tertiary/aromatic N) is 1. The fraction of sp³-hybridized carbons (Fsp3) is 0.611. The normalized spacial score (nSPS) is 26.9. The molecule has 2 fully saturated rings. The van der Waals surface area contributed by atoms with Crippen molar-refractivity contribution < 1.29 is 9.47 Å². The smallest absolute Gasteiger partial charge is 0.191 e. The molecule has 1 saturated heterocycles. The molecule has 0 radical (unpaired) electrons. The van der Waals surface area contributed by atoms with E-state index in [4.69, 9.17) is 9.47 Å². The van der Waals surface area contributed by atoms with Crippen LogP contribution in [-0.2, 0) is 11.3 Å². The largest absolute Gasteiger partial charge is 0.488 e. The molecular formula is C18H27N3O2. The van der Waals surface area contributed by atoms with Gasteiger partial charge in [-0.2, -0.15) is 0 Å². The van der Waals surface area contributed by atoms with Gasteiger partial charge in [-0.05, 0) is 30.9 Å². The number of aliphatic imine (C=N–C) groups is 1. The highest BCUT2D eigenvalue weighted by Gasteiger charge is 2.33. The van der Waals surface area contributed by atoms with Crippen LogP contribution in [0.4, 0.5) is 0 Å². The van der Waals surface area contributed by atoms with E-state index in [1.807, 2.05) is 7.05 Å². The number of hydrogen-bond donors (Lipinski definition) is 2. The van der Waals surface area contributed by atoms with Crippen molar-refractivity contribution in [1.82, 2.24) is 10.6 Å². The molecule has 23 heavy (non-hydrogen) atoms. The second kappa shape index (κ2) is 7.21. The zero-order valence-electron chi connectivity index (χ0n) is 14.3. The Morgan fingerprint density at radius 1 is 1.43 bits per heavy atom. The minimum atomic E-state index is 0.167. The first kappa shape index (κ1) is 16.1. The van der Waals surface area contributed by atoms with Gasteiger partial charge in [0, 0.05) is 31.6 Å². The van der Waals surface area contributed by atoms with Gasteiger partial charge in [-0.1, -0.05) is 19.1 Å². The van der Waals surface area contributed by atoms with Crippen LogP contribution in [0.25, 0.3) is 0 Å². The van der Waals surface area contributed by atoms with Crippen LogP contribution in [0.1, 0.15) is 30.9 Å². The van der Waals surface area contributed by atoms with Gasteiger partial charge < -0.3 is 20.1 Å². The molecule has 0 aromatic heterocycles. The Morgan fingerprint density at radius 3 is 2.91 bits per heavy atom. The molecule has 5 heteroatoms. The van der Waals surface area contributed by atoms with Crippen LogP contribution >= 0.6 is 0 Å². The molecule has 3 unspecified atom stereocenters. The monoisotopic (exact) mass is 317 g/mol. The lowest BCUT2D eigenvalue weighted by atomic mass is 10.1. The van der Waals surface area contributed by atoms with Crippen molar-refractivity contribution in [3.8, 4) is 5.75 Å². The summed E-state index contributed by atoms with van der Waals surface area (Å²) < 4.78 is 11.5. The molecule has 1 aromatic rings. The van der Waals surface area contributed by atoms with Gasteiger partial charge in [-0.25, -0.2) is 0 Å². The van der Waals surface area contributed by atoms with Crippen LogP contribution in [-0.4, -0.2) is 38.4 Å². The number of aryl methyl sites for hydroxylation is 1. The number of hydrogen-bond acceptors (Lipinski definition) is 3. The summed E-state index contributed by atoms with van der Waals surface area (Å²) in [7, 11) is 1.81. The maximum Gasteiger partial charge on any atom is 0.191 e. The Bertz CT molecular complexity index is 567. The molecule has 1 aliphatic heterocycles. The van der Waals surface area contributed by atoms with Gasteiger partial charge in [0.05, 0.1) is 13.2 Å². The Kier molecular flexibility index (Phi) is 5.06.